The third-order valence-corrected chi connectivity index (χ3v) is 5.36. The molecule has 7 heteroatoms. The molecule has 106 valence electrons. The Kier molecular flexibility index (Phi) is 6.68. The first-order valence-electron chi connectivity index (χ1n) is 5.64. The van der Waals surface area contributed by atoms with E-state index in [1.807, 2.05) is 11.8 Å². The van der Waals surface area contributed by atoms with Crippen LogP contribution in [0.4, 0.5) is 11.4 Å². The van der Waals surface area contributed by atoms with E-state index in [9.17, 15) is 4.79 Å². The van der Waals surface area contributed by atoms with Gasteiger partial charge in [0, 0.05) is 22.9 Å². The van der Waals surface area contributed by atoms with Crippen LogP contribution in [-0.2, 0) is 4.79 Å². The number of nitrogens with two attached hydrogens (primary N) is 1. The van der Waals surface area contributed by atoms with Crippen molar-refractivity contribution in [2.24, 2.45) is 0 Å². The number of methoxy groups -OCH3 is 1. The first kappa shape index (κ1) is 16.3. The summed E-state index contributed by atoms with van der Waals surface area (Å²) in [5, 5.41) is 2.93. The molecule has 1 amide bonds. The lowest BCUT2D eigenvalue weighted by molar-refractivity contribution is -0.115. The second-order valence-electron chi connectivity index (χ2n) is 3.88. The van der Waals surface area contributed by atoms with Crippen molar-refractivity contribution in [1.82, 2.24) is 0 Å². The number of hydrogen-bond donors (Lipinski definition) is 2. The van der Waals surface area contributed by atoms with Crippen molar-refractivity contribution in [3.8, 4) is 5.75 Å². The van der Waals surface area contributed by atoms with Gasteiger partial charge in [-0.05, 0) is 18.2 Å². The number of halogens is 1. The third-order valence-electron chi connectivity index (χ3n) is 2.61. The summed E-state index contributed by atoms with van der Waals surface area (Å²) in [7, 11) is 1.57. The zero-order valence-corrected chi connectivity index (χ0v) is 13.0. The average Bonchev–Trinajstić information content (AvgIpc) is 2.40. The molecule has 3 N–H and O–H groups in total. The number of nitrogen functional groups attached to an aromatic ring is 1. The number of amides is 1. The Hall–Kier alpha value is -0.720. The molecule has 1 atom stereocenters. The number of hydrogen-bond acceptors (Lipinski definition) is 5. The van der Waals surface area contributed by atoms with Gasteiger partial charge in [-0.1, -0.05) is 0 Å². The molecule has 1 fully saturated rings. The third kappa shape index (κ3) is 4.40. The standard InChI is InChI=1S/C12H16N2O2S2.ClH/c1-16-10-3-2-8(6-9(10)13)14-12(15)11-7-17-4-5-18-11;/h2-3,6,11H,4-5,7,13H2,1H3,(H,14,15);1H. The molecular formula is C12H17ClN2O2S2. The van der Waals surface area contributed by atoms with E-state index in [4.69, 9.17) is 10.5 Å². The predicted octanol–water partition coefficient (Wildman–Crippen LogP) is 2.49. The number of ether oxygens (including phenoxy) is 1. The summed E-state index contributed by atoms with van der Waals surface area (Å²) in [6.45, 7) is 0. The summed E-state index contributed by atoms with van der Waals surface area (Å²) in [5.74, 6) is 3.71. The van der Waals surface area contributed by atoms with E-state index in [2.05, 4.69) is 5.32 Å². The van der Waals surface area contributed by atoms with Crippen molar-refractivity contribution in [2.75, 3.05) is 35.4 Å². The quantitative estimate of drug-likeness (QED) is 0.838. The highest BCUT2D eigenvalue weighted by molar-refractivity contribution is 8.07. The number of carbonyl (C=O) groups excluding carboxylic acids is 1. The van der Waals surface area contributed by atoms with Gasteiger partial charge in [-0.3, -0.25) is 4.79 Å². The number of thioether (sulfide) groups is 2. The van der Waals surface area contributed by atoms with E-state index >= 15 is 0 Å². The molecule has 1 aliphatic heterocycles. The Balaban J connectivity index is 0.00000180. The normalized spacial score (nSPS) is 18.3. The van der Waals surface area contributed by atoms with Gasteiger partial charge in [-0.15, -0.1) is 24.2 Å². The maximum atomic E-state index is 12.0. The van der Waals surface area contributed by atoms with Crippen LogP contribution in [0.1, 0.15) is 0 Å². The summed E-state index contributed by atoms with van der Waals surface area (Å²) in [6, 6.07) is 5.28. The van der Waals surface area contributed by atoms with Crippen molar-refractivity contribution >= 4 is 53.2 Å². The van der Waals surface area contributed by atoms with Gasteiger partial charge in [0.1, 0.15) is 5.75 Å². The predicted molar refractivity (Wildman–Crippen MR) is 86.9 cm³/mol. The van der Waals surface area contributed by atoms with Crippen molar-refractivity contribution < 1.29 is 9.53 Å². The molecule has 2 rings (SSSR count). The van der Waals surface area contributed by atoms with E-state index in [1.165, 1.54) is 0 Å². The van der Waals surface area contributed by atoms with E-state index in [0.29, 0.717) is 11.4 Å². The molecule has 0 saturated carbocycles. The van der Waals surface area contributed by atoms with Gasteiger partial charge in [0.05, 0.1) is 18.0 Å². The average molecular weight is 321 g/mol. The lowest BCUT2D eigenvalue weighted by atomic mass is 10.2. The van der Waals surface area contributed by atoms with Gasteiger partial charge in [0.15, 0.2) is 0 Å². The molecule has 0 spiro atoms. The minimum Gasteiger partial charge on any atom is -0.495 e. The SMILES string of the molecule is COc1ccc(NC(=O)C2CSCCS2)cc1N.Cl. The van der Waals surface area contributed by atoms with Crippen LogP contribution in [0.5, 0.6) is 5.75 Å². The summed E-state index contributed by atoms with van der Waals surface area (Å²) >= 11 is 3.54. The largest absolute Gasteiger partial charge is 0.495 e. The fraction of sp³-hybridized carbons (Fsp3) is 0.417. The molecule has 0 aliphatic carbocycles. The van der Waals surface area contributed by atoms with E-state index in [0.717, 1.165) is 22.9 Å². The van der Waals surface area contributed by atoms with Gasteiger partial charge in [0.25, 0.3) is 0 Å². The van der Waals surface area contributed by atoms with Crippen LogP contribution >= 0.6 is 35.9 Å². The van der Waals surface area contributed by atoms with Crippen molar-refractivity contribution in [3.63, 3.8) is 0 Å². The smallest absolute Gasteiger partial charge is 0.238 e. The Labute approximate surface area is 127 Å². The number of rotatable bonds is 3. The van der Waals surface area contributed by atoms with Crippen LogP contribution in [0.3, 0.4) is 0 Å². The molecule has 1 saturated heterocycles. The topological polar surface area (TPSA) is 64.3 Å². The van der Waals surface area contributed by atoms with E-state index in [1.54, 1.807) is 37.1 Å². The highest BCUT2D eigenvalue weighted by Crippen LogP contribution is 2.27. The van der Waals surface area contributed by atoms with Gasteiger partial charge in [0.2, 0.25) is 5.91 Å². The molecule has 1 unspecified atom stereocenters. The van der Waals surface area contributed by atoms with Gasteiger partial charge in [-0.25, -0.2) is 0 Å². The Morgan fingerprint density at radius 1 is 1.47 bits per heavy atom. The lowest BCUT2D eigenvalue weighted by Gasteiger charge is -2.20. The molecule has 4 nitrogen and oxygen atoms in total. The molecule has 0 bridgehead atoms. The highest BCUT2D eigenvalue weighted by Gasteiger charge is 2.22. The molecule has 19 heavy (non-hydrogen) atoms. The van der Waals surface area contributed by atoms with Crippen LogP contribution in [0, 0.1) is 0 Å². The van der Waals surface area contributed by atoms with Gasteiger partial charge >= 0.3 is 0 Å². The van der Waals surface area contributed by atoms with Crippen LogP contribution < -0.4 is 15.8 Å². The number of anilines is 2. The van der Waals surface area contributed by atoms with Crippen molar-refractivity contribution in [3.05, 3.63) is 18.2 Å². The fourth-order valence-electron chi connectivity index (χ4n) is 1.67. The van der Waals surface area contributed by atoms with Crippen LogP contribution in [0.2, 0.25) is 0 Å². The molecule has 1 aliphatic rings. The number of carbonyl (C=O) groups is 1. The molecular weight excluding hydrogens is 304 g/mol. The first-order chi connectivity index (χ1) is 8.70. The number of benzene rings is 1. The van der Waals surface area contributed by atoms with Gasteiger partial charge < -0.3 is 15.8 Å². The zero-order valence-electron chi connectivity index (χ0n) is 10.5. The highest BCUT2D eigenvalue weighted by atomic mass is 35.5. The summed E-state index contributed by atoms with van der Waals surface area (Å²) in [6.07, 6.45) is 0. The molecule has 1 aromatic carbocycles. The summed E-state index contributed by atoms with van der Waals surface area (Å²) in [4.78, 5) is 12.0. The molecule has 1 aromatic rings. The summed E-state index contributed by atoms with van der Waals surface area (Å²) in [5.41, 5.74) is 7.05. The monoisotopic (exact) mass is 320 g/mol. The minimum atomic E-state index is 0. The maximum Gasteiger partial charge on any atom is 0.238 e. The Morgan fingerprint density at radius 2 is 2.26 bits per heavy atom. The molecule has 1 heterocycles. The maximum absolute atomic E-state index is 12.0. The van der Waals surface area contributed by atoms with E-state index in [-0.39, 0.29) is 23.6 Å². The zero-order chi connectivity index (χ0) is 13.0. The second-order valence-corrected chi connectivity index (χ2v) is 6.34. The van der Waals surface area contributed by atoms with Crippen molar-refractivity contribution in [2.45, 2.75) is 5.25 Å². The van der Waals surface area contributed by atoms with Crippen LogP contribution in [0.25, 0.3) is 0 Å². The fourth-order valence-corrected chi connectivity index (χ4v) is 4.23. The van der Waals surface area contributed by atoms with E-state index < -0.39 is 0 Å². The first-order valence-corrected chi connectivity index (χ1v) is 7.85. The molecule has 0 radical (unpaired) electrons. The van der Waals surface area contributed by atoms with Crippen LogP contribution in [-0.4, -0.2) is 35.5 Å². The van der Waals surface area contributed by atoms with Crippen molar-refractivity contribution in [1.29, 1.82) is 0 Å². The molecule has 0 aromatic heterocycles. The second kappa shape index (κ2) is 7.77. The summed E-state index contributed by atoms with van der Waals surface area (Å²) < 4.78 is 5.08. The lowest BCUT2D eigenvalue weighted by Crippen LogP contribution is -2.30. The van der Waals surface area contributed by atoms with Crippen LogP contribution in [0.15, 0.2) is 18.2 Å². The van der Waals surface area contributed by atoms with Gasteiger partial charge in [-0.2, -0.15) is 11.8 Å². The Morgan fingerprint density at radius 3 is 2.84 bits per heavy atom. The number of nitrogens with one attached hydrogen (secondary N) is 1. The Bertz CT molecular complexity index is 440. The minimum absolute atomic E-state index is 0.